The lowest BCUT2D eigenvalue weighted by molar-refractivity contribution is -0.119. The van der Waals surface area contributed by atoms with Crippen LogP contribution in [0, 0.1) is 11.3 Å². The first-order valence-electron chi connectivity index (χ1n) is 4.94. The summed E-state index contributed by atoms with van der Waals surface area (Å²) in [6, 6.07) is 2.18. The van der Waals surface area contributed by atoms with E-state index in [0.29, 0.717) is 12.2 Å². The smallest absolute Gasteiger partial charge is 0.132 e. The molecule has 13 heavy (non-hydrogen) atoms. The third-order valence-electron chi connectivity index (χ3n) is 2.35. The molecule has 70 valence electrons. The van der Waals surface area contributed by atoms with Crippen LogP contribution in [0.5, 0.6) is 0 Å². The van der Waals surface area contributed by atoms with Crippen molar-refractivity contribution in [3.63, 3.8) is 0 Å². The van der Waals surface area contributed by atoms with Crippen molar-refractivity contribution < 1.29 is 4.79 Å². The third kappa shape index (κ3) is 3.89. The van der Waals surface area contributed by atoms with E-state index in [0.717, 1.165) is 44.1 Å². The molecule has 0 aromatic heterocycles. The fourth-order valence-corrected chi connectivity index (χ4v) is 1.55. The highest BCUT2D eigenvalue weighted by atomic mass is 16.1. The Kier molecular flexibility index (Phi) is 4.25. The van der Waals surface area contributed by atoms with E-state index in [-0.39, 0.29) is 0 Å². The molecule has 0 radical (unpaired) electrons. The number of hydrogen-bond donors (Lipinski definition) is 0. The molecule has 0 N–H and O–H groups in total. The lowest BCUT2D eigenvalue weighted by Crippen LogP contribution is -1.99. The molecular weight excluding hydrogens is 162 g/mol. The molecule has 1 aliphatic carbocycles. The predicted octanol–water partition coefficient (Wildman–Crippen LogP) is 2.75. The van der Waals surface area contributed by atoms with E-state index in [2.05, 4.69) is 6.07 Å². The fraction of sp³-hybridized carbons (Fsp3) is 0.636. The van der Waals surface area contributed by atoms with Gasteiger partial charge in [-0.1, -0.05) is 6.08 Å². The molecule has 0 aliphatic heterocycles. The third-order valence-corrected chi connectivity index (χ3v) is 2.35. The average Bonchev–Trinajstić information content (AvgIpc) is 2.15. The van der Waals surface area contributed by atoms with E-state index in [1.807, 2.05) is 6.08 Å². The van der Waals surface area contributed by atoms with E-state index in [1.54, 1.807) is 0 Å². The zero-order valence-corrected chi connectivity index (χ0v) is 7.88. The molecule has 0 fully saturated rings. The lowest BCUT2D eigenvalue weighted by atomic mass is 10.0. The summed E-state index contributed by atoms with van der Waals surface area (Å²) in [5.41, 5.74) is 0.856. The Bertz CT molecular complexity index is 247. The van der Waals surface area contributed by atoms with Crippen molar-refractivity contribution in [2.24, 2.45) is 0 Å². The second-order valence-corrected chi connectivity index (χ2v) is 3.48. The molecule has 2 nitrogen and oxygen atoms in total. The van der Waals surface area contributed by atoms with Crippen molar-refractivity contribution in [2.75, 3.05) is 0 Å². The van der Waals surface area contributed by atoms with Crippen molar-refractivity contribution in [3.8, 4) is 6.07 Å². The number of carbonyl (C=O) groups is 1. The van der Waals surface area contributed by atoms with Crippen molar-refractivity contribution in [2.45, 2.75) is 44.9 Å². The molecule has 1 aliphatic rings. The van der Waals surface area contributed by atoms with Gasteiger partial charge in [-0.3, -0.25) is 4.79 Å². The Balaban J connectivity index is 2.49. The van der Waals surface area contributed by atoms with Gasteiger partial charge in [0.15, 0.2) is 0 Å². The Morgan fingerprint density at radius 3 is 2.69 bits per heavy atom. The highest BCUT2D eigenvalue weighted by Crippen LogP contribution is 2.14. The molecule has 1 rings (SSSR count). The van der Waals surface area contributed by atoms with Crippen molar-refractivity contribution in [1.29, 1.82) is 5.26 Å². The summed E-state index contributed by atoms with van der Waals surface area (Å²) in [6.07, 6.45) is 8.01. The minimum absolute atomic E-state index is 0.360. The van der Waals surface area contributed by atoms with Gasteiger partial charge in [-0.25, -0.2) is 0 Å². The van der Waals surface area contributed by atoms with Crippen LogP contribution in [0.2, 0.25) is 0 Å². The second-order valence-electron chi connectivity index (χ2n) is 3.48. The Morgan fingerprint density at radius 2 is 1.92 bits per heavy atom. The van der Waals surface area contributed by atoms with Gasteiger partial charge in [-0.15, -0.1) is 0 Å². The summed E-state index contributed by atoms with van der Waals surface area (Å²) >= 11 is 0. The van der Waals surface area contributed by atoms with Crippen LogP contribution in [0.1, 0.15) is 44.9 Å². The van der Waals surface area contributed by atoms with Gasteiger partial charge < -0.3 is 0 Å². The number of rotatable bonds is 0. The monoisotopic (exact) mass is 177 g/mol. The van der Waals surface area contributed by atoms with Gasteiger partial charge in [0.1, 0.15) is 5.78 Å². The number of allylic oxidation sites excluding steroid dienone is 2. The van der Waals surface area contributed by atoms with Gasteiger partial charge in [0.05, 0.1) is 6.07 Å². The highest BCUT2D eigenvalue weighted by molar-refractivity contribution is 5.78. The van der Waals surface area contributed by atoms with Crippen LogP contribution in [0.4, 0.5) is 0 Å². The first-order chi connectivity index (χ1) is 6.33. The van der Waals surface area contributed by atoms with Crippen molar-refractivity contribution in [1.82, 2.24) is 0 Å². The molecule has 0 saturated heterocycles. The number of carbonyl (C=O) groups excluding carboxylic acids is 1. The molecule has 0 unspecified atom stereocenters. The first kappa shape index (κ1) is 9.98. The van der Waals surface area contributed by atoms with Crippen molar-refractivity contribution in [3.05, 3.63) is 11.6 Å². The van der Waals surface area contributed by atoms with Crippen LogP contribution in [0.25, 0.3) is 0 Å². The van der Waals surface area contributed by atoms with Crippen LogP contribution in [0.3, 0.4) is 0 Å². The molecule has 0 saturated carbocycles. The van der Waals surface area contributed by atoms with Crippen LogP contribution in [-0.4, -0.2) is 5.78 Å². The summed E-state index contributed by atoms with van der Waals surface area (Å²) in [5.74, 6) is 0.360. The summed E-state index contributed by atoms with van der Waals surface area (Å²) < 4.78 is 0. The van der Waals surface area contributed by atoms with Gasteiger partial charge in [0.2, 0.25) is 0 Å². The minimum atomic E-state index is 0.360. The molecule has 0 atom stereocenters. The largest absolute Gasteiger partial charge is 0.300 e. The van der Waals surface area contributed by atoms with Crippen LogP contribution in [-0.2, 0) is 4.79 Å². The normalized spacial score (nSPS) is 20.2. The lowest BCUT2D eigenvalue weighted by Gasteiger charge is -2.04. The summed E-state index contributed by atoms with van der Waals surface area (Å²) in [4.78, 5) is 11.2. The molecule has 0 spiro atoms. The first-order valence-corrected chi connectivity index (χ1v) is 4.94. The average molecular weight is 177 g/mol. The maximum atomic E-state index is 11.2. The molecular formula is C11H15NO. The van der Waals surface area contributed by atoms with E-state index >= 15 is 0 Å². The van der Waals surface area contributed by atoms with Gasteiger partial charge in [0.25, 0.3) is 0 Å². The van der Waals surface area contributed by atoms with E-state index in [1.165, 1.54) is 0 Å². The quantitative estimate of drug-likeness (QED) is 0.570. The maximum Gasteiger partial charge on any atom is 0.132 e. The topological polar surface area (TPSA) is 40.9 Å². The van der Waals surface area contributed by atoms with Gasteiger partial charge in [-0.05, 0) is 32.1 Å². The minimum Gasteiger partial charge on any atom is -0.300 e. The number of ketones is 1. The van der Waals surface area contributed by atoms with E-state index in [9.17, 15) is 4.79 Å². The van der Waals surface area contributed by atoms with Gasteiger partial charge >= 0.3 is 0 Å². The summed E-state index contributed by atoms with van der Waals surface area (Å²) in [7, 11) is 0. The molecule has 0 aromatic rings. The SMILES string of the molecule is N#CC1=CCCCCC(=O)CCC1. The summed E-state index contributed by atoms with van der Waals surface area (Å²) in [5, 5.41) is 8.73. The zero-order valence-electron chi connectivity index (χ0n) is 7.88. The second kappa shape index (κ2) is 5.53. The van der Waals surface area contributed by atoms with Gasteiger partial charge in [-0.2, -0.15) is 5.26 Å². The Morgan fingerprint density at radius 1 is 1.15 bits per heavy atom. The number of hydrogen-bond acceptors (Lipinski definition) is 2. The Hall–Kier alpha value is -1.10. The van der Waals surface area contributed by atoms with Crippen LogP contribution in [0.15, 0.2) is 11.6 Å². The van der Waals surface area contributed by atoms with Gasteiger partial charge in [0, 0.05) is 18.4 Å². The summed E-state index contributed by atoms with van der Waals surface area (Å²) in [6.45, 7) is 0. The number of nitrogens with zero attached hydrogens (tertiary/aromatic N) is 1. The molecule has 2 heteroatoms. The van der Waals surface area contributed by atoms with Crippen LogP contribution >= 0.6 is 0 Å². The van der Waals surface area contributed by atoms with E-state index < -0.39 is 0 Å². The molecule has 0 heterocycles. The standard InChI is InChI=1S/C11H15NO/c12-9-10-5-2-1-3-7-11(13)8-4-6-10/h5H,1-4,6-8H2. The van der Waals surface area contributed by atoms with Crippen LogP contribution < -0.4 is 0 Å². The predicted molar refractivity (Wildman–Crippen MR) is 51.0 cm³/mol. The molecule has 0 aromatic carbocycles. The van der Waals surface area contributed by atoms with E-state index in [4.69, 9.17) is 5.26 Å². The number of nitriles is 1. The highest BCUT2D eigenvalue weighted by Gasteiger charge is 2.05. The number of Topliss-reactive ketones (excluding diaryl/α,β-unsaturated/α-hetero) is 1. The molecule has 0 bridgehead atoms. The van der Waals surface area contributed by atoms with Crippen molar-refractivity contribution >= 4 is 5.78 Å². The Labute approximate surface area is 79.2 Å². The maximum absolute atomic E-state index is 11.2. The zero-order chi connectivity index (χ0) is 9.52. The molecule has 0 amide bonds. The fourth-order valence-electron chi connectivity index (χ4n) is 1.55.